The minimum absolute atomic E-state index is 0.0984. The fraction of sp³-hybridized carbons (Fsp3) is 0.727. The second kappa shape index (κ2) is 6.93. The quantitative estimate of drug-likeness (QED) is 0.592. The molecule has 1 heterocycles. The monoisotopic (exact) mass is 273 g/mol. The first-order valence-electron chi connectivity index (χ1n) is 6.02. The molecule has 0 spiro atoms. The summed E-state index contributed by atoms with van der Waals surface area (Å²) < 4.78 is 4.73. The molecule has 0 aromatic carbocycles. The third-order valence-corrected chi connectivity index (χ3v) is 3.11. The number of primary amides is 1. The number of carboxylic acids is 1. The van der Waals surface area contributed by atoms with E-state index in [0.29, 0.717) is 25.9 Å². The number of urea groups is 1. The van der Waals surface area contributed by atoms with E-state index in [4.69, 9.17) is 15.6 Å². The molecule has 1 fully saturated rings. The van der Waals surface area contributed by atoms with Crippen molar-refractivity contribution in [2.45, 2.75) is 18.9 Å². The zero-order chi connectivity index (χ0) is 14.4. The van der Waals surface area contributed by atoms with Crippen molar-refractivity contribution in [2.75, 3.05) is 26.8 Å². The summed E-state index contributed by atoms with van der Waals surface area (Å²) in [6.07, 6.45) is 1.01. The van der Waals surface area contributed by atoms with E-state index in [2.05, 4.69) is 5.32 Å². The lowest BCUT2D eigenvalue weighted by molar-refractivity contribution is -0.140. The maximum absolute atomic E-state index is 11.8. The van der Waals surface area contributed by atoms with Gasteiger partial charge >= 0.3 is 12.0 Å². The molecule has 1 aliphatic rings. The Labute approximate surface area is 110 Å². The fourth-order valence-corrected chi connectivity index (χ4v) is 1.95. The lowest BCUT2D eigenvalue weighted by Crippen LogP contribution is -2.52. The normalized spacial score (nSPS) is 17.8. The van der Waals surface area contributed by atoms with Crippen LogP contribution in [0.5, 0.6) is 0 Å². The number of ether oxygens (including phenoxy) is 1. The number of methoxy groups -OCH3 is 1. The molecule has 1 rings (SSSR count). The highest BCUT2D eigenvalue weighted by Gasteiger charge is 2.28. The summed E-state index contributed by atoms with van der Waals surface area (Å²) in [6.45, 7) is 0.677. The van der Waals surface area contributed by atoms with Gasteiger partial charge in [0, 0.05) is 26.1 Å². The summed E-state index contributed by atoms with van der Waals surface area (Å²) in [4.78, 5) is 35.2. The van der Waals surface area contributed by atoms with Crippen LogP contribution in [0.3, 0.4) is 0 Å². The molecular weight excluding hydrogens is 254 g/mol. The molecule has 8 heteroatoms. The number of carbonyl (C=O) groups excluding carboxylic acids is 2. The van der Waals surface area contributed by atoms with Crippen molar-refractivity contribution >= 4 is 17.9 Å². The maximum atomic E-state index is 11.8. The molecule has 1 aliphatic heterocycles. The van der Waals surface area contributed by atoms with Crippen molar-refractivity contribution in [3.63, 3.8) is 0 Å². The van der Waals surface area contributed by atoms with E-state index in [9.17, 15) is 14.4 Å². The second-order valence-electron chi connectivity index (χ2n) is 4.46. The molecule has 0 saturated carbocycles. The number of amides is 3. The van der Waals surface area contributed by atoms with Crippen LogP contribution >= 0.6 is 0 Å². The van der Waals surface area contributed by atoms with Crippen molar-refractivity contribution in [3.8, 4) is 0 Å². The van der Waals surface area contributed by atoms with Crippen LogP contribution in [0.4, 0.5) is 4.79 Å². The molecule has 1 unspecified atom stereocenters. The van der Waals surface area contributed by atoms with Crippen molar-refractivity contribution in [1.29, 1.82) is 0 Å². The van der Waals surface area contributed by atoms with Gasteiger partial charge in [-0.05, 0) is 12.8 Å². The highest BCUT2D eigenvalue weighted by Crippen LogP contribution is 2.16. The number of aliphatic carboxylic acids is 1. The van der Waals surface area contributed by atoms with E-state index in [0.717, 1.165) is 0 Å². The molecule has 0 radical (unpaired) electrons. The van der Waals surface area contributed by atoms with Gasteiger partial charge in [-0.15, -0.1) is 0 Å². The number of hydrogen-bond donors (Lipinski definition) is 3. The smallest absolute Gasteiger partial charge is 0.328 e. The predicted molar refractivity (Wildman–Crippen MR) is 65.3 cm³/mol. The van der Waals surface area contributed by atoms with Gasteiger partial charge in [0.15, 0.2) is 6.04 Å². The third kappa shape index (κ3) is 4.40. The molecule has 0 aliphatic carbocycles. The molecule has 4 N–H and O–H groups in total. The van der Waals surface area contributed by atoms with E-state index in [-0.39, 0.29) is 18.4 Å². The number of rotatable bonds is 5. The van der Waals surface area contributed by atoms with Crippen LogP contribution < -0.4 is 11.1 Å². The van der Waals surface area contributed by atoms with Gasteiger partial charge in [0.2, 0.25) is 5.91 Å². The van der Waals surface area contributed by atoms with Crippen LogP contribution in [0.15, 0.2) is 0 Å². The van der Waals surface area contributed by atoms with E-state index in [1.165, 1.54) is 12.0 Å². The lowest BCUT2D eigenvalue weighted by atomic mass is 9.96. The summed E-state index contributed by atoms with van der Waals surface area (Å²) in [5, 5.41) is 11.3. The molecule has 108 valence electrons. The molecule has 0 bridgehead atoms. The molecular formula is C11H19N3O5. The van der Waals surface area contributed by atoms with Gasteiger partial charge in [0.1, 0.15) is 0 Å². The van der Waals surface area contributed by atoms with E-state index in [1.54, 1.807) is 0 Å². The van der Waals surface area contributed by atoms with E-state index in [1.807, 2.05) is 0 Å². The Hall–Kier alpha value is -1.83. The van der Waals surface area contributed by atoms with Crippen LogP contribution in [-0.2, 0) is 14.3 Å². The van der Waals surface area contributed by atoms with Gasteiger partial charge in [-0.3, -0.25) is 4.79 Å². The first-order valence-corrected chi connectivity index (χ1v) is 6.02. The van der Waals surface area contributed by atoms with E-state index >= 15 is 0 Å². The first kappa shape index (κ1) is 15.2. The van der Waals surface area contributed by atoms with Gasteiger partial charge in [-0.1, -0.05) is 0 Å². The minimum atomic E-state index is -1.15. The Kier molecular flexibility index (Phi) is 5.56. The van der Waals surface area contributed by atoms with Crippen molar-refractivity contribution in [1.82, 2.24) is 10.2 Å². The van der Waals surface area contributed by atoms with Gasteiger partial charge in [-0.25, -0.2) is 9.59 Å². The zero-order valence-corrected chi connectivity index (χ0v) is 10.8. The topological polar surface area (TPSA) is 122 Å². The minimum Gasteiger partial charge on any atom is -0.480 e. The first-order chi connectivity index (χ1) is 8.95. The number of piperidine rings is 1. The zero-order valence-electron chi connectivity index (χ0n) is 10.8. The predicted octanol–water partition coefficient (Wildman–Crippen LogP) is -1.01. The number of carbonyl (C=O) groups is 3. The van der Waals surface area contributed by atoms with Crippen molar-refractivity contribution in [2.24, 2.45) is 11.7 Å². The van der Waals surface area contributed by atoms with Crippen LogP contribution in [-0.4, -0.2) is 60.8 Å². The van der Waals surface area contributed by atoms with Crippen LogP contribution in [0.25, 0.3) is 0 Å². The SMILES string of the molecule is COCC(NC(=O)N1CCC(C(N)=O)CC1)C(=O)O. The number of nitrogens with one attached hydrogen (secondary N) is 1. The van der Waals surface area contributed by atoms with Gasteiger partial charge in [0.25, 0.3) is 0 Å². The molecule has 3 amide bonds. The van der Waals surface area contributed by atoms with Gasteiger partial charge < -0.3 is 25.8 Å². The average Bonchev–Trinajstić information content (AvgIpc) is 2.38. The summed E-state index contributed by atoms with van der Waals surface area (Å²) in [5.41, 5.74) is 5.20. The molecule has 0 aromatic heterocycles. The molecule has 19 heavy (non-hydrogen) atoms. The Balaban J connectivity index is 2.46. The largest absolute Gasteiger partial charge is 0.480 e. The van der Waals surface area contributed by atoms with Gasteiger partial charge in [0.05, 0.1) is 6.61 Å². The molecule has 8 nitrogen and oxygen atoms in total. The Bertz CT molecular complexity index is 352. The second-order valence-corrected chi connectivity index (χ2v) is 4.46. The fourth-order valence-electron chi connectivity index (χ4n) is 1.95. The maximum Gasteiger partial charge on any atom is 0.328 e. The van der Waals surface area contributed by atoms with Crippen LogP contribution in [0.1, 0.15) is 12.8 Å². The number of carboxylic acid groups (broad SMARTS) is 1. The highest BCUT2D eigenvalue weighted by molar-refractivity contribution is 5.83. The van der Waals surface area contributed by atoms with Crippen molar-refractivity contribution in [3.05, 3.63) is 0 Å². The number of likely N-dealkylation sites (tertiary alicyclic amines) is 1. The number of nitrogens with zero attached hydrogens (tertiary/aromatic N) is 1. The average molecular weight is 273 g/mol. The lowest BCUT2D eigenvalue weighted by Gasteiger charge is -2.31. The Morgan fingerprint density at radius 2 is 2.00 bits per heavy atom. The Morgan fingerprint density at radius 1 is 1.42 bits per heavy atom. The molecule has 0 aromatic rings. The molecule has 1 saturated heterocycles. The van der Waals surface area contributed by atoms with Crippen LogP contribution in [0, 0.1) is 5.92 Å². The third-order valence-electron chi connectivity index (χ3n) is 3.11. The molecule has 1 atom stereocenters. The standard InChI is InChI=1S/C11H19N3O5/c1-19-6-8(10(16)17)13-11(18)14-4-2-7(3-5-14)9(12)15/h7-8H,2-6H2,1H3,(H2,12,15)(H,13,18)(H,16,17). The summed E-state index contributed by atoms with van der Waals surface area (Å²) in [7, 11) is 1.36. The summed E-state index contributed by atoms with van der Waals surface area (Å²) in [5.74, 6) is -1.72. The summed E-state index contributed by atoms with van der Waals surface area (Å²) >= 11 is 0. The highest BCUT2D eigenvalue weighted by atomic mass is 16.5. The van der Waals surface area contributed by atoms with Crippen molar-refractivity contribution < 1.29 is 24.2 Å². The summed E-state index contributed by atoms with van der Waals surface area (Å²) in [6, 6.07) is -1.54. The Morgan fingerprint density at radius 3 is 2.42 bits per heavy atom. The number of hydrogen-bond acceptors (Lipinski definition) is 4. The van der Waals surface area contributed by atoms with E-state index < -0.39 is 18.0 Å². The van der Waals surface area contributed by atoms with Gasteiger partial charge in [-0.2, -0.15) is 0 Å². The number of nitrogens with two attached hydrogens (primary N) is 1. The van der Waals surface area contributed by atoms with Crippen LogP contribution in [0.2, 0.25) is 0 Å².